The van der Waals surface area contributed by atoms with Crippen molar-refractivity contribution in [2.45, 2.75) is 26.9 Å². The van der Waals surface area contributed by atoms with Gasteiger partial charge in [-0.05, 0) is 49.6 Å². The average molecular weight is 391 g/mol. The molecule has 0 unspecified atom stereocenters. The molecule has 7 heteroatoms. The van der Waals surface area contributed by atoms with Gasteiger partial charge in [-0.1, -0.05) is 41.2 Å². The highest BCUT2D eigenvalue weighted by molar-refractivity contribution is 7.16. The third kappa shape index (κ3) is 3.73. The number of aromatic hydroxyl groups is 1. The first-order valence-corrected chi connectivity index (χ1v) is 8.89. The molecule has 0 radical (unpaired) electrons. The highest BCUT2D eigenvalue weighted by Crippen LogP contribution is 2.38. The Morgan fingerprint density at radius 1 is 0.963 bits per heavy atom. The van der Waals surface area contributed by atoms with Gasteiger partial charge in [0, 0.05) is 5.56 Å². The third-order valence-electron chi connectivity index (χ3n) is 4.21. The number of rotatable bonds is 2. The summed E-state index contributed by atoms with van der Waals surface area (Å²) in [6, 6.07) is 8.15. The highest BCUT2D eigenvalue weighted by Gasteiger charge is 2.30. The van der Waals surface area contributed by atoms with Crippen molar-refractivity contribution in [1.29, 1.82) is 0 Å². The van der Waals surface area contributed by atoms with E-state index in [1.165, 1.54) is 12.1 Å². The smallest absolute Gasteiger partial charge is 0.416 e. The van der Waals surface area contributed by atoms with Crippen LogP contribution >= 0.6 is 11.3 Å². The second kappa shape index (κ2) is 6.81. The van der Waals surface area contributed by atoms with Crippen molar-refractivity contribution in [3.8, 4) is 26.8 Å². The van der Waals surface area contributed by atoms with Crippen LogP contribution in [0, 0.1) is 20.8 Å². The second-order valence-corrected chi connectivity index (χ2v) is 7.33. The molecular formula is C20H16F3NO2S. The zero-order valence-corrected chi connectivity index (χ0v) is 15.6. The lowest BCUT2D eigenvalue weighted by atomic mass is 9.95. The van der Waals surface area contributed by atoms with E-state index in [0.29, 0.717) is 11.1 Å². The molecule has 3 nitrogen and oxygen atoms in total. The predicted octanol–water partition coefficient (Wildman–Crippen LogP) is 5.49. The summed E-state index contributed by atoms with van der Waals surface area (Å²) in [6.45, 7) is 5.64. The maximum absolute atomic E-state index is 12.7. The predicted molar refractivity (Wildman–Crippen MR) is 100 cm³/mol. The summed E-state index contributed by atoms with van der Waals surface area (Å²) in [5, 5.41) is 10.4. The molecule has 27 heavy (non-hydrogen) atoms. The van der Waals surface area contributed by atoms with E-state index in [9.17, 15) is 23.1 Å². The van der Waals surface area contributed by atoms with E-state index in [4.69, 9.17) is 0 Å². The molecule has 0 aliphatic carbocycles. The zero-order valence-electron chi connectivity index (χ0n) is 14.8. The van der Waals surface area contributed by atoms with Crippen LogP contribution in [-0.2, 0) is 6.18 Å². The Bertz CT molecular complexity index is 1050. The Kier molecular flexibility index (Phi) is 4.82. The summed E-state index contributed by atoms with van der Waals surface area (Å²) >= 11 is 0.864. The molecule has 1 heterocycles. The summed E-state index contributed by atoms with van der Waals surface area (Å²) in [5.74, 6) is 0. The van der Waals surface area contributed by atoms with Crippen molar-refractivity contribution in [1.82, 2.24) is 4.98 Å². The monoisotopic (exact) mass is 391 g/mol. The summed E-state index contributed by atoms with van der Waals surface area (Å²) in [6.07, 6.45) is -4.44. The standard InChI is InChI=1S/C20H16F3NO2S/c1-10-8-11(2)15(12(3)9-10)16-17(25)24-18(27-19(16)26)13-4-6-14(7-5-13)20(21,22)23/h4-9,26H,1-3H3. The van der Waals surface area contributed by atoms with Crippen molar-refractivity contribution >= 4 is 11.3 Å². The van der Waals surface area contributed by atoms with Crippen molar-refractivity contribution < 1.29 is 18.3 Å². The van der Waals surface area contributed by atoms with Crippen LogP contribution in [-0.4, -0.2) is 10.1 Å². The molecule has 0 saturated carbocycles. The minimum atomic E-state index is -4.44. The average Bonchev–Trinajstić information content (AvgIpc) is 2.55. The molecular weight excluding hydrogens is 375 g/mol. The largest absolute Gasteiger partial charge is 0.499 e. The number of nitrogens with zero attached hydrogens (tertiary/aromatic N) is 1. The van der Waals surface area contributed by atoms with E-state index in [-0.39, 0.29) is 15.6 Å². The van der Waals surface area contributed by atoms with Gasteiger partial charge in [0.05, 0.1) is 5.56 Å². The molecule has 0 aliphatic rings. The number of benzene rings is 2. The van der Waals surface area contributed by atoms with Gasteiger partial charge in [0.2, 0.25) is 0 Å². The van der Waals surface area contributed by atoms with Gasteiger partial charge in [-0.3, -0.25) is 4.79 Å². The fraction of sp³-hybridized carbons (Fsp3) is 0.200. The molecule has 3 rings (SSSR count). The van der Waals surface area contributed by atoms with Crippen LogP contribution in [0.4, 0.5) is 13.2 Å². The third-order valence-corrected chi connectivity index (χ3v) is 5.13. The Hall–Kier alpha value is -2.67. The lowest BCUT2D eigenvalue weighted by Gasteiger charge is -2.12. The number of hydrogen-bond donors (Lipinski definition) is 1. The topological polar surface area (TPSA) is 50.2 Å². The van der Waals surface area contributed by atoms with Gasteiger partial charge in [0.1, 0.15) is 10.6 Å². The Balaban J connectivity index is 2.10. The van der Waals surface area contributed by atoms with E-state index in [2.05, 4.69) is 4.98 Å². The van der Waals surface area contributed by atoms with Gasteiger partial charge in [0.15, 0.2) is 5.06 Å². The first kappa shape index (κ1) is 19.1. The SMILES string of the molecule is Cc1cc(C)c(-c2c(O)sc(-c3ccc(C(F)(F)F)cc3)nc2=O)c(C)c1. The molecule has 0 aliphatic heterocycles. The fourth-order valence-corrected chi connectivity index (χ4v) is 3.98. The van der Waals surface area contributed by atoms with Crippen molar-refractivity contribution in [3.63, 3.8) is 0 Å². The van der Waals surface area contributed by atoms with E-state index in [1.54, 1.807) is 0 Å². The molecule has 3 aromatic rings. The molecule has 1 aromatic heterocycles. The summed E-state index contributed by atoms with van der Waals surface area (Å²) < 4.78 is 38.1. The van der Waals surface area contributed by atoms with Crippen LogP contribution < -0.4 is 5.56 Å². The van der Waals surface area contributed by atoms with Gasteiger partial charge in [-0.2, -0.15) is 18.2 Å². The van der Waals surface area contributed by atoms with Crippen LogP contribution in [0.15, 0.2) is 41.2 Å². The van der Waals surface area contributed by atoms with Crippen molar-refractivity contribution in [2.75, 3.05) is 0 Å². The van der Waals surface area contributed by atoms with Crippen LogP contribution in [0.25, 0.3) is 21.7 Å². The van der Waals surface area contributed by atoms with E-state index in [1.807, 2.05) is 32.9 Å². The Morgan fingerprint density at radius 3 is 2.00 bits per heavy atom. The van der Waals surface area contributed by atoms with Gasteiger partial charge >= 0.3 is 6.18 Å². The molecule has 140 valence electrons. The number of aromatic nitrogens is 1. The van der Waals surface area contributed by atoms with Crippen molar-refractivity contribution in [3.05, 3.63) is 69.0 Å². The number of halogens is 3. The molecule has 0 atom stereocenters. The minimum Gasteiger partial charge on any atom is -0.499 e. The second-order valence-electron chi connectivity index (χ2n) is 6.35. The number of hydrogen-bond acceptors (Lipinski definition) is 4. The molecule has 0 fully saturated rings. The first-order valence-electron chi connectivity index (χ1n) is 8.08. The molecule has 1 N–H and O–H groups in total. The maximum Gasteiger partial charge on any atom is 0.416 e. The maximum atomic E-state index is 12.7. The van der Waals surface area contributed by atoms with Gasteiger partial charge in [-0.25, -0.2) is 0 Å². The van der Waals surface area contributed by atoms with Crippen molar-refractivity contribution in [2.24, 2.45) is 0 Å². The van der Waals surface area contributed by atoms with Crippen LogP contribution in [0.2, 0.25) is 0 Å². The summed E-state index contributed by atoms with van der Waals surface area (Å²) in [4.78, 5) is 16.6. The first-order chi connectivity index (χ1) is 12.6. The molecule has 0 bridgehead atoms. The summed E-state index contributed by atoms with van der Waals surface area (Å²) in [7, 11) is 0. The Labute approximate surface area is 157 Å². The minimum absolute atomic E-state index is 0.116. The fourth-order valence-electron chi connectivity index (χ4n) is 3.12. The van der Waals surface area contributed by atoms with Crippen LogP contribution in [0.1, 0.15) is 22.3 Å². The molecule has 2 aromatic carbocycles. The number of alkyl halides is 3. The molecule has 0 saturated heterocycles. The lowest BCUT2D eigenvalue weighted by molar-refractivity contribution is -0.137. The quantitative estimate of drug-likeness (QED) is 0.629. The van der Waals surface area contributed by atoms with Crippen LogP contribution in [0.5, 0.6) is 5.06 Å². The van der Waals surface area contributed by atoms with Gasteiger partial charge in [0.25, 0.3) is 5.56 Å². The zero-order chi connectivity index (χ0) is 19.9. The lowest BCUT2D eigenvalue weighted by Crippen LogP contribution is -2.11. The molecule has 0 spiro atoms. The summed E-state index contributed by atoms with van der Waals surface area (Å²) in [5.41, 5.74) is 2.41. The van der Waals surface area contributed by atoms with Gasteiger partial charge in [-0.15, -0.1) is 0 Å². The normalized spacial score (nSPS) is 11.6. The number of aryl methyl sites for hydroxylation is 3. The molecule has 0 amide bonds. The highest BCUT2D eigenvalue weighted by atomic mass is 32.1. The Morgan fingerprint density at radius 2 is 1.52 bits per heavy atom. The van der Waals surface area contributed by atoms with E-state index in [0.717, 1.165) is 40.2 Å². The van der Waals surface area contributed by atoms with E-state index < -0.39 is 17.3 Å². The van der Waals surface area contributed by atoms with Gasteiger partial charge < -0.3 is 5.11 Å². The van der Waals surface area contributed by atoms with Crippen LogP contribution in [0.3, 0.4) is 0 Å². The van der Waals surface area contributed by atoms with E-state index >= 15 is 0 Å².